The number of carbonyl (C=O) groups is 2. The smallest absolute Gasteiger partial charge is 0.251 e. The van der Waals surface area contributed by atoms with Crippen LogP contribution < -0.4 is 16.0 Å². The Morgan fingerprint density at radius 2 is 2.09 bits per heavy atom. The van der Waals surface area contributed by atoms with Gasteiger partial charge in [-0.15, -0.1) is 12.4 Å². The molecule has 0 aromatic heterocycles. The van der Waals surface area contributed by atoms with E-state index in [-0.39, 0.29) is 30.1 Å². The third-order valence-electron chi connectivity index (χ3n) is 3.99. The second-order valence-electron chi connectivity index (χ2n) is 5.85. The summed E-state index contributed by atoms with van der Waals surface area (Å²) in [6, 6.07) is 7.78. The van der Waals surface area contributed by atoms with Crippen LogP contribution in [-0.4, -0.2) is 30.9 Å². The van der Waals surface area contributed by atoms with Crippen LogP contribution in [0.1, 0.15) is 42.6 Å². The molecule has 0 aliphatic carbocycles. The Morgan fingerprint density at radius 1 is 1.30 bits per heavy atom. The summed E-state index contributed by atoms with van der Waals surface area (Å²) in [5.74, 6) is 0.113. The molecule has 2 atom stereocenters. The Morgan fingerprint density at radius 3 is 2.78 bits per heavy atom. The van der Waals surface area contributed by atoms with Crippen LogP contribution in [0.4, 0.5) is 0 Å². The zero-order valence-electron chi connectivity index (χ0n) is 13.7. The first-order chi connectivity index (χ1) is 10.6. The van der Waals surface area contributed by atoms with Gasteiger partial charge in [-0.25, -0.2) is 0 Å². The first-order valence-corrected chi connectivity index (χ1v) is 7.98. The van der Waals surface area contributed by atoms with Crippen molar-refractivity contribution < 1.29 is 9.59 Å². The van der Waals surface area contributed by atoms with Gasteiger partial charge in [0.15, 0.2) is 0 Å². The van der Waals surface area contributed by atoms with Crippen molar-refractivity contribution in [1.29, 1.82) is 0 Å². The molecule has 2 rings (SSSR count). The van der Waals surface area contributed by atoms with Gasteiger partial charge in [-0.05, 0) is 50.9 Å². The maximum Gasteiger partial charge on any atom is 0.251 e. The number of carbonyl (C=O) groups excluding carboxylic acids is 2. The topological polar surface area (TPSA) is 70.2 Å². The third-order valence-corrected chi connectivity index (χ3v) is 3.99. The van der Waals surface area contributed by atoms with Gasteiger partial charge in [-0.2, -0.15) is 0 Å². The molecule has 1 fully saturated rings. The van der Waals surface area contributed by atoms with E-state index in [4.69, 9.17) is 0 Å². The second-order valence-corrected chi connectivity index (χ2v) is 5.85. The molecular weight excluding hydrogens is 314 g/mol. The number of halogens is 1. The molecule has 128 valence electrons. The fourth-order valence-corrected chi connectivity index (χ4v) is 2.79. The van der Waals surface area contributed by atoms with Gasteiger partial charge in [-0.1, -0.05) is 12.1 Å². The third kappa shape index (κ3) is 5.84. The fraction of sp³-hybridized carbons (Fsp3) is 0.529. The van der Waals surface area contributed by atoms with Crippen LogP contribution in [0.15, 0.2) is 24.3 Å². The number of piperidine rings is 1. The van der Waals surface area contributed by atoms with Crippen LogP contribution in [0, 0.1) is 5.92 Å². The molecular formula is C17H26ClN3O2. The molecule has 0 saturated carbocycles. The Hall–Kier alpha value is -1.59. The first kappa shape index (κ1) is 19.5. The second kappa shape index (κ2) is 9.53. The van der Waals surface area contributed by atoms with Crippen LogP contribution >= 0.6 is 12.4 Å². The molecule has 5 nitrogen and oxygen atoms in total. The maximum absolute atomic E-state index is 12.2. The minimum atomic E-state index is -0.0807. The fourth-order valence-electron chi connectivity index (χ4n) is 2.79. The highest BCUT2D eigenvalue weighted by atomic mass is 35.5. The van der Waals surface area contributed by atoms with Crippen molar-refractivity contribution in [3.8, 4) is 0 Å². The summed E-state index contributed by atoms with van der Waals surface area (Å²) in [5.41, 5.74) is 1.57. The lowest BCUT2D eigenvalue weighted by Gasteiger charge is -2.27. The minimum Gasteiger partial charge on any atom is -0.352 e. The van der Waals surface area contributed by atoms with E-state index in [1.807, 2.05) is 25.1 Å². The molecule has 1 aliphatic heterocycles. The molecule has 1 saturated heterocycles. The molecule has 2 amide bonds. The van der Waals surface area contributed by atoms with E-state index >= 15 is 0 Å². The average Bonchev–Trinajstić information content (AvgIpc) is 2.53. The Kier molecular flexibility index (Phi) is 8.06. The number of amides is 2. The summed E-state index contributed by atoms with van der Waals surface area (Å²) in [7, 11) is 0. The highest BCUT2D eigenvalue weighted by Gasteiger charge is 2.24. The number of nitrogens with one attached hydrogen (secondary N) is 3. The van der Waals surface area contributed by atoms with Crippen LogP contribution in [0.2, 0.25) is 0 Å². The van der Waals surface area contributed by atoms with Gasteiger partial charge in [0.05, 0.1) is 0 Å². The van der Waals surface area contributed by atoms with Crippen molar-refractivity contribution in [3.63, 3.8) is 0 Å². The highest BCUT2D eigenvalue weighted by Crippen LogP contribution is 2.16. The van der Waals surface area contributed by atoms with Crippen molar-refractivity contribution in [1.82, 2.24) is 16.0 Å². The molecule has 1 heterocycles. The summed E-state index contributed by atoms with van der Waals surface area (Å²) in [6.07, 6.45) is 1.76. The van der Waals surface area contributed by atoms with E-state index in [1.165, 1.54) is 0 Å². The summed E-state index contributed by atoms with van der Waals surface area (Å²) in [6.45, 7) is 5.96. The molecule has 0 bridgehead atoms. The lowest BCUT2D eigenvalue weighted by molar-refractivity contribution is -0.126. The minimum absolute atomic E-state index is 0. The van der Waals surface area contributed by atoms with E-state index in [0.29, 0.717) is 24.7 Å². The molecule has 0 unspecified atom stereocenters. The SMILES string of the molecule is CCNC(=O)c1cccc(CNC(=O)[C@H]2CCN[C@@H](C)C2)c1.Cl. The molecule has 0 radical (unpaired) electrons. The maximum atomic E-state index is 12.2. The van der Waals surface area contributed by atoms with Crippen LogP contribution in [0.25, 0.3) is 0 Å². The van der Waals surface area contributed by atoms with Gasteiger partial charge in [0, 0.05) is 30.6 Å². The van der Waals surface area contributed by atoms with Crippen molar-refractivity contribution >= 4 is 24.2 Å². The Balaban J connectivity index is 0.00000264. The van der Waals surface area contributed by atoms with Crippen molar-refractivity contribution in [3.05, 3.63) is 35.4 Å². The highest BCUT2D eigenvalue weighted by molar-refractivity contribution is 5.94. The van der Waals surface area contributed by atoms with Crippen molar-refractivity contribution in [2.75, 3.05) is 13.1 Å². The van der Waals surface area contributed by atoms with Gasteiger partial charge in [0.1, 0.15) is 0 Å². The Labute approximate surface area is 144 Å². The summed E-state index contributed by atoms with van der Waals surface area (Å²) in [5, 5.41) is 9.11. The summed E-state index contributed by atoms with van der Waals surface area (Å²) in [4.78, 5) is 24.0. The standard InChI is InChI=1S/C17H25N3O2.ClH/c1-3-18-16(21)14-6-4-5-13(10-14)11-20-17(22)15-7-8-19-12(2)9-15;/h4-6,10,12,15,19H,3,7-9,11H2,1-2H3,(H,18,21)(H,20,22);1H/t12-,15-;/m0./s1. The van der Waals surface area contributed by atoms with E-state index in [2.05, 4.69) is 22.9 Å². The largest absolute Gasteiger partial charge is 0.352 e. The van der Waals surface area contributed by atoms with Gasteiger partial charge in [-0.3, -0.25) is 9.59 Å². The van der Waals surface area contributed by atoms with Crippen molar-refractivity contribution in [2.24, 2.45) is 5.92 Å². The van der Waals surface area contributed by atoms with Gasteiger partial charge in [0.2, 0.25) is 5.91 Å². The zero-order chi connectivity index (χ0) is 15.9. The molecule has 0 spiro atoms. The molecule has 23 heavy (non-hydrogen) atoms. The lowest BCUT2D eigenvalue weighted by Crippen LogP contribution is -2.42. The quantitative estimate of drug-likeness (QED) is 0.767. The van der Waals surface area contributed by atoms with E-state index in [9.17, 15) is 9.59 Å². The molecule has 1 aromatic carbocycles. The predicted molar refractivity (Wildman–Crippen MR) is 93.7 cm³/mol. The number of benzene rings is 1. The Bertz CT molecular complexity index is 536. The monoisotopic (exact) mass is 339 g/mol. The number of hydrogen-bond donors (Lipinski definition) is 3. The van der Waals surface area contributed by atoms with E-state index < -0.39 is 0 Å². The molecule has 1 aromatic rings. The molecule has 3 N–H and O–H groups in total. The first-order valence-electron chi connectivity index (χ1n) is 7.98. The van der Waals surface area contributed by atoms with Gasteiger partial charge < -0.3 is 16.0 Å². The predicted octanol–water partition coefficient (Wildman–Crippen LogP) is 1.86. The molecule has 6 heteroatoms. The zero-order valence-corrected chi connectivity index (χ0v) is 14.5. The van der Waals surface area contributed by atoms with E-state index in [0.717, 1.165) is 24.9 Å². The van der Waals surface area contributed by atoms with Crippen LogP contribution in [0.3, 0.4) is 0 Å². The lowest BCUT2D eigenvalue weighted by atomic mass is 9.92. The van der Waals surface area contributed by atoms with Crippen LogP contribution in [0.5, 0.6) is 0 Å². The number of hydrogen-bond acceptors (Lipinski definition) is 3. The van der Waals surface area contributed by atoms with Gasteiger partial charge in [0.25, 0.3) is 5.91 Å². The van der Waals surface area contributed by atoms with Crippen molar-refractivity contribution in [2.45, 2.75) is 39.3 Å². The molecule has 1 aliphatic rings. The average molecular weight is 340 g/mol. The summed E-state index contributed by atoms with van der Waals surface area (Å²) >= 11 is 0. The van der Waals surface area contributed by atoms with Gasteiger partial charge >= 0.3 is 0 Å². The van der Waals surface area contributed by atoms with E-state index in [1.54, 1.807) is 6.07 Å². The summed E-state index contributed by atoms with van der Waals surface area (Å²) < 4.78 is 0. The normalized spacial score (nSPS) is 20.3. The van der Waals surface area contributed by atoms with Crippen LogP contribution in [-0.2, 0) is 11.3 Å². The number of rotatable bonds is 5.